The topological polar surface area (TPSA) is 12.0 Å². The third-order valence-corrected chi connectivity index (χ3v) is 6.85. The number of nitrogens with one attached hydrogen (secondary N) is 1. The van der Waals surface area contributed by atoms with E-state index in [0.717, 1.165) is 11.4 Å². The first-order valence-corrected chi connectivity index (χ1v) is 11.2. The zero-order chi connectivity index (χ0) is 21.7. The van der Waals surface area contributed by atoms with Gasteiger partial charge in [0.15, 0.2) is 0 Å². The molecule has 0 heterocycles. The molecule has 0 aliphatic heterocycles. The lowest BCUT2D eigenvalue weighted by Crippen LogP contribution is -2.14. The summed E-state index contributed by atoms with van der Waals surface area (Å²) in [5.41, 5.74) is 10.3. The quantitative estimate of drug-likeness (QED) is 0.313. The second-order valence-corrected chi connectivity index (χ2v) is 9.16. The molecular weight excluding hydrogens is 386 g/mol. The van der Waals surface area contributed by atoms with E-state index in [1.807, 2.05) is 0 Å². The van der Waals surface area contributed by atoms with E-state index in [1.165, 1.54) is 44.2 Å². The first kappa shape index (κ1) is 18.9. The van der Waals surface area contributed by atoms with Crippen molar-refractivity contribution in [1.82, 2.24) is 0 Å². The van der Waals surface area contributed by atoms with Gasteiger partial charge in [0, 0.05) is 22.2 Å². The number of fused-ring (bicyclic) bond motifs is 4. The summed E-state index contributed by atoms with van der Waals surface area (Å²) in [7, 11) is 0. The lowest BCUT2D eigenvalue weighted by atomic mass is 9.82. The van der Waals surface area contributed by atoms with Gasteiger partial charge in [-0.3, -0.25) is 0 Å². The van der Waals surface area contributed by atoms with E-state index in [2.05, 4.69) is 128 Å². The molecule has 1 aliphatic carbocycles. The maximum Gasteiger partial charge on any atom is 0.0463 e. The minimum absolute atomic E-state index is 0.0394. The van der Waals surface area contributed by atoms with Gasteiger partial charge in [0.25, 0.3) is 0 Å². The van der Waals surface area contributed by atoms with Crippen molar-refractivity contribution in [2.75, 3.05) is 5.32 Å². The van der Waals surface area contributed by atoms with Crippen LogP contribution >= 0.6 is 0 Å². The monoisotopic (exact) mass is 411 g/mol. The Bertz CT molecular complexity index is 1460. The highest BCUT2D eigenvalue weighted by Crippen LogP contribution is 2.49. The van der Waals surface area contributed by atoms with Crippen molar-refractivity contribution in [1.29, 1.82) is 0 Å². The van der Waals surface area contributed by atoms with Gasteiger partial charge in [-0.05, 0) is 63.0 Å². The molecule has 0 spiro atoms. The van der Waals surface area contributed by atoms with Gasteiger partial charge in [-0.25, -0.2) is 0 Å². The molecule has 1 heteroatoms. The van der Waals surface area contributed by atoms with Gasteiger partial charge in [0.2, 0.25) is 0 Å². The summed E-state index contributed by atoms with van der Waals surface area (Å²) < 4.78 is 0. The van der Waals surface area contributed by atoms with Crippen molar-refractivity contribution in [3.8, 4) is 22.3 Å². The van der Waals surface area contributed by atoms with Crippen LogP contribution in [-0.2, 0) is 5.41 Å². The molecule has 0 fully saturated rings. The van der Waals surface area contributed by atoms with Gasteiger partial charge >= 0.3 is 0 Å². The molecule has 1 aliphatic rings. The lowest BCUT2D eigenvalue weighted by molar-refractivity contribution is 0.660. The minimum Gasteiger partial charge on any atom is -0.355 e. The first-order valence-electron chi connectivity index (χ1n) is 11.2. The van der Waals surface area contributed by atoms with E-state index < -0.39 is 0 Å². The number of hydrogen-bond donors (Lipinski definition) is 1. The molecule has 0 bridgehead atoms. The van der Waals surface area contributed by atoms with Crippen molar-refractivity contribution in [2.24, 2.45) is 0 Å². The fourth-order valence-corrected chi connectivity index (χ4v) is 5.16. The fraction of sp³-hybridized carbons (Fsp3) is 0.0968. The van der Waals surface area contributed by atoms with Crippen LogP contribution in [0.1, 0.15) is 25.0 Å². The summed E-state index contributed by atoms with van der Waals surface area (Å²) in [5.74, 6) is 0. The van der Waals surface area contributed by atoms with Crippen LogP contribution in [0.3, 0.4) is 0 Å². The molecule has 0 aromatic heterocycles. The molecule has 5 aromatic carbocycles. The van der Waals surface area contributed by atoms with Crippen LogP contribution in [0.4, 0.5) is 11.4 Å². The van der Waals surface area contributed by atoms with Gasteiger partial charge in [0.1, 0.15) is 0 Å². The van der Waals surface area contributed by atoms with Crippen LogP contribution < -0.4 is 5.32 Å². The lowest BCUT2D eigenvalue weighted by Gasteiger charge is -2.21. The second kappa shape index (κ2) is 7.10. The molecular formula is C31H25N. The van der Waals surface area contributed by atoms with E-state index >= 15 is 0 Å². The van der Waals surface area contributed by atoms with Crippen LogP contribution in [0.5, 0.6) is 0 Å². The predicted molar refractivity (Wildman–Crippen MR) is 137 cm³/mol. The average molecular weight is 412 g/mol. The van der Waals surface area contributed by atoms with Crippen molar-refractivity contribution in [3.05, 3.63) is 120 Å². The number of rotatable bonds is 3. The summed E-state index contributed by atoms with van der Waals surface area (Å²) >= 11 is 0. The number of hydrogen-bond acceptors (Lipinski definition) is 1. The highest BCUT2D eigenvalue weighted by molar-refractivity contribution is 5.98. The van der Waals surface area contributed by atoms with Crippen LogP contribution in [0.2, 0.25) is 0 Å². The third-order valence-electron chi connectivity index (χ3n) is 6.85. The SMILES string of the molecule is CC1(C)c2ccccc2-c2cc(Nc3cccc4cc(-c5ccccc5)ccc34)ccc21. The molecule has 0 unspecified atom stereocenters. The Morgan fingerprint density at radius 2 is 1.34 bits per heavy atom. The summed E-state index contributed by atoms with van der Waals surface area (Å²) in [6, 6.07) is 39.3. The number of benzene rings is 5. The molecule has 1 N–H and O–H groups in total. The highest BCUT2D eigenvalue weighted by atomic mass is 14.9. The van der Waals surface area contributed by atoms with Gasteiger partial charge in [-0.2, -0.15) is 0 Å². The third kappa shape index (κ3) is 2.93. The van der Waals surface area contributed by atoms with Crippen molar-refractivity contribution < 1.29 is 0 Å². The fourth-order valence-electron chi connectivity index (χ4n) is 5.16. The molecule has 1 nitrogen and oxygen atoms in total. The van der Waals surface area contributed by atoms with Gasteiger partial charge in [-0.1, -0.05) is 98.8 Å². The Morgan fingerprint density at radius 1 is 0.562 bits per heavy atom. The normalized spacial score (nSPS) is 13.6. The molecule has 0 atom stereocenters. The summed E-state index contributed by atoms with van der Waals surface area (Å²) in [6.07, 6.45) is 0. The molecule has 5 aromatic rings. The highest BCUT2D eigenvalue weighted by Gasteiger charge is 2.34. The summed E-state index contributed by atoms with van der Waals surface area (Å²) in [6.45, 7) is 4.64. The predicted octanol–water partition coefficient (Wildman–Crippen LogP) is 8.56. The Hall–Kier alpha value is -3.84. The number of anilines is 2. The van der Waals surface area contributed by atoms with Crippen LogP contribution in [-0.4, -0.2) is 0 Å². The van der Waals surface area contributed by atoms with Crippen molar-refractivity contribution in [3.63, 3.8) is 0 Å². The summed E-state index contributed by atoms with van der Waals surface area (Å²) in [4.78, 5) is 0. The van der Waals surface area contributed by atoms with Gasteiger partial charge < -0.3 is 5.32 Å². The molecule has 0 radical (unpaired) electrons. The average Bonchev–Trinajstić information content (AvgIpc) is 3.06. The Balaban J connectivity index is 1.40. The maximum atomic E-state index is 3.69. The van der Waals surface area contributed by atoms with Crippen molar-refractivity contribution in [2.45, 2.75) is 19.3 Å². The Kier molecular flexibility index (Phi) is 4.19. The van der Waals surface area contributed by atoms with E-state index in [-0.39, 0.29) is 5.41 Å². The standard InChI is InChI=1S/C31H25N/c1-31(2)28-13-7-6-12-26(28)27-20-24(16-18-29(27)31)32-30-14-8-11-23-19-22(15-17-25(23)30)21-9-4-3-5-10-21/h3-20,32H,1-2H3. The van der Waals surface area contributed by atoms with Crippen LogP contribution in [0.25, 0.3) is 33.0 Å². The first-order chi connectivity index (χ1) is 15.6. The smallest absolute Gasteiger partial charge is 0.0463 e. The van der Waals surface area contributed by atoms with E-state index in [4.69, 9.17) is 0 Å². The van der Waals surface area contributed by atoms with Gasteiger partial charge in [0.05, 0.1) is 0 Å². The van der Waals surface area contributed by atoms with E-state index in [9.17, 15) is 0 Å². The van der Waals surface area contributed by atoms with Gasteiger partial charge in [-0.15, -0.1) is 0 Å². The summed E-state index contributed by atoms with van der Waals surface area (Å²) in [5, 5.41) is 6.16. The molecule has 154 valence electrons. The van der Waals surface area contributed by atoms with Crippen molar-refractivity contribution >= 4 is 22.1 Å². The molecule has 0 saturated heterocycles. The zero-order valence-corrected chi connectivity index (χ0v) is 18.4. The molecule has 0 amide bonds. The molecule has 32 heavy (non-hydrogen) atoms. The minimum atomic E-state index is 0.0394. The Labute approximate surface area is 189 Å². The largest absolute Gasteiger partial charge is 0.355 e. The molecule has 0 saturated carbocycles. The zero-order valence-electron chi connectivity index (χ0n) is 18.4. The van der Waals surface area contributed by atoms with Crippen LogP contribution in [0, 0.1) is 0 Å². The molecule has 6 rings (SSSR count). The second-order valence-electron chi connectivity index (χ2n) is 9.16. The maximum absolute atomic E-state index is 3.69. The Morgan fingerprint density at radius 3 is 2.22 bits per heavy atom. The van der Waals surface area contributed by atoms with E-state index in [1.54, 1.807) is 0 Å². The van der Waals surface area contributed by atoms with Crippen LogP contribution in [0.15, 0.2) is 109 Å². The van der Waals surface area contributed by atoms with E-state index in [0.29, 0.717) is 0 Å².